The van der Waals surface area contributed by atoms with Gasteiger partial charge >= 0.3 is 103 Å². The number of halogens is 5. The molecular weight excluding hydrogens is 943 g/mol. The van der Waals surface area contributed by atoms with Gasteiger partial charge in [-0.15, -0.1) is 0 Å². The number of hydrogen-bond acceptors (Lipinski definition) is 11. The van der Waals surface area contributed by atoms with Crippen LogP contribution in [0.3, 0.4) is 0 Å². The first-order chi connectivity index (χ1) is 29.6. The fourth-order valence-electron chi connectivity index (χ4n) is 5.40. The molecule has 0 aliphatic rings. The van der Waals surface area contributed by atoms with Crippen molar-refractivity contribution in [3.8, 4) is 11.5 Å². The number of ketones is 2. The van der Waals surface area contributed by atoms with E-state index in [1.54, 1.807) is 6.07 Å². The fraction of sp³-hybridized carbons (Fsp3) is 0.0444. The van der Waals surface area contributed by atoms with Crippen molar-refractivity contribution in [2.45, 2.75) is 11.9 Å². The van der Waals surface area contributed by atoms with Crippen LogP contribution in [0.15, 0.2) is 146 Å². The van der Waals surface area contributed by atoms with E-state index in [1.807, 2.05) is 48.5 Å². The van der Waals surface area contributed by atoms with Crippen LogP contribution in [0.2, 0.25) is 0 Å². The van der Waals surface area contributed by atoms with Crippen LogP contribution in [0.4, 0.5) is 17.6 Å². The quantitative estimate of drug-likeness (QED) is 0.0431. The van der Waals surface area contributed by atoms with Crippen LogP contribution in [0.25, 0.3) is 22.1 Å². The largest absolute Gasteiger partial charge is 1.00 e. The molecule has 0 spiro atoms. The maximum Gasteiger partial charge on any atom is 1.00 e. The molecule has 0 radical (unpaired) electrons. The number of aromatic nitrogens is 4. The second-order valence-electron chi connectivity index (χ2n) is 12.3. The summed E-state index contributed by atoms with van der Waals surface area (Å²) in [7, 11) is 0. The second kappa shape index (κ2) is 27.2. The summed E-state index contributed by atoms with van der Waals surface area (Å²) in [6.45, 7) is -0.0808. The Kier molecular flexibility index (Phi) is 23.0. The van der Waals surface area contributed by atoms with E-state index in [1.165, 1.54) is 66.7 Å². The minimum atomic E-state index is -1.28. The molecule has 0 aliphatic carbocycles. The van der Waals surface area contributed by atoms with Gasteiger partial charge in [0.05, 0.1) is 33.2 Å². The molecule has 310 valence electrons. The van der Waals surface area contributed by atoms with E-state index in [4.69, 9.17) is 14.8 Å². The fourth-order valence-corrected chi connectivity index (χ4v) is 5.78. The van der Waals surface area contributed by atoms with Crippen LogP contribution in [0.1, 0.15) is 44.4 Å². The van der Waals surface area contributed by atoms with Gasteiger partial charge in [-0.05, 0) is 71.8 Å². The monoisotopic (exact) mass is 972 g/mol. The first-order valence-electron chi connectivity index (χ1n) is 17.7. The maximum atomic E-state index is 14.9. The molecule has 2 heterocycles. The number of phenolic OH excluding ortho intramolecular Hbond substituents is 1. The molecule has 0 atom stereocenters. The predicted molar refractivity (Wildman–Crippen MR) is 218 cm³/mol. The Hall–Kier alpha value is -4.16. The van der Waals surface area contributed by atoms with Gasteiger partial charge < -0.3 is 21.4 Å². The van der Waals surface area contributed by atoms with Crippen molar-refractivity contribution in [2.24, 2.45) is 0 Å². The van der Waals surface area contributed by atoms with Crippen molar-refractivity contribution in [2.75, 3.05) is 0 Å². The number of fused-ring (bicyclic) bond motifs is 2. The Bertz CT molecular complexity index is 2790. The predicted octanol–water partition coefficient (Wildman–Crippen LogP) is 2.70. The summed E-state index contributed by atoms with van der Waals surface area (Å²) in [6.07, 6.45) is 5.96. The van der Waals surface area contributed by atoms with Crippen LogP contribution < -0.4 is 113 Å². The molecular formula is C45H31BrF4K2N4O7. The summed E-state index contributed by atoms with van der Waals surface area (Å²) in [4.78, 5) is 52.6. The van der Waals surface area contributed by atoms with Crippen molar-refractivity contribution >= 4 is 56.0 Å². The number of rotatable bonds is 9. The summed E-state index contributed by atoms with van der Waals surface area (Å²) in [5, 5.41) is 18.7. The molecule has 0 fully saturated rings. The number of aromatic hydroxyl groups is 1. The van der Waals surface area contributed by atoms with Gasteiger partial charge in [-0.25, -0.2) is 17.6 Å². The van der Waals surface area contributed by atoms with Crippen molar-refractivity contribution in [3.63, 3.8) is 0 Å². The molecule has 0 aliphatic heterocycles. The molecule has 0 bridgehead atoms. The Balaban J connectivity index is 0.000000344. The van der Waals surface area contributed by atoms with E-state index in [-0.39, 0.29) is 134 Å². The number of benzene rings is 6. The van der Waals surface area contributed by atoms with Crippen LogP contribution in [-0.4, -0.2) is 43.1 Å². The number of phenols is 1. The molecule has 0 saturated carbocycles. The summed E-state index contributed by atoms with van der Waals surface area (Å²) < 4.78 is 62.1. The molecule has 6 aromatic carbocycles. The third-order valence-corrected chi connectivity index (χ3v) is 8.96. The molecule has 0 unspecified atom stereocenters. The molecule has 63 heavy (non-hydrogen) atoms. The van der Waals surface area contributed by atoms with E-state index in [9.17, 15) is 32.3 Å². The van der Waals surface area contributed by atoms with E-state index >= 15 is 0 Å². The first-order valence-corrected chi connectivity index (χ1v) is 18.8. The van der Waals surface area contributed by atoms with E-state index in [0.29, 0.717) is 22.1 Å². The number of ether oxygens (including phenoxy) is 1. The molecule has 18 heteroatoms. The maximum absolute atomic E-state index is 14.9. The van der Waals surface area contributed by atoms with Gasteiger partial charge in [0.1, 0.15) is 18.2 Å². The first kappa shape index (κ1) is 53.2. The molecule has 0 amide bonds. The Morgan fingerprint density at radius 2 is 1.05 bits per heavy atom. The zero-order chi connectivity index (χ0) is 43.7. The Morgan fingerprint density at radius 3 is 1.49 bits per heavy atom. The minimum Gasteiger partial charge on any atom is -1.00 e. The summed E-state index contributed by atoms with van der Waals surface area (Å²) in [5.41, 5.74) is 2.92. The zero-order valence-electron chi connectivity index (χ0n) is 34.4. The number of carbonyl (C=O) groups is 3. The van der Waals surface area contributed by atoms with Gasteiger partial charge in [0.25, 0.3) is 6.47 Å². The van der Waals surface area contributed by atoms with E-state index < -0.39 is 51.7 Å². The van der Waals surface area contributed by atoms with Gasteiger partial charge in [0.15, 0.2) is 34.7 Å². The number of hydrogen-bond donors (Lipinski definition) is 1. The van der Waals surface area contributed by atoms with E-state index in [2.05, 4.69) is 52.9 Å². The summed E-state index contributed by atoms with van der Waals surface area (Å²) >= 11 is 3.36. The summed E-state index contributed by atoms with van der Waals surface area (Å²) in [6, 6.07) is 32.2. The minimum absolute atomic E-state index is 0. The standard InChI is InChI=1S/C22H14F2N2O2.C15H8F2N2O2.C7H7Br.CH2O3.2K.H/c23-16-7-9-19(28-13-14-4-2-1-3-5-14)21(24)20(16)22(27)15-6-8-17-18(12-15)26-11-10-25-17;16-9-2-4-12(20)14(17)13(9)15(21)8-1-3-10-11(7-8)19-6-5-18-10;8-6-7-4-2-1-3-5-7;2-1-4-3;;;/h1-12H,13H2;1-7,20H;1-5H,6H2;1,3H;;;/q;;;;2*+1;-1/p-1. The van der Waals surface area contributed by atoms with Crippen molar-refractivity contribution in [1.29, 1.82) is 0 Å². The van der Waals surface area contributed by atoms with Gasteiger partial charge in [-0.3, -0.25) is 34.3 Å². The third-order valence-electron chi connectivity index (χ3n) is 8.32. The third kappa shape index (κ3) is 14.9. The Morgan fingerprint density at radius 1 is 0.619 bits per heavy atom. The SMILES string of the molecule is BrCc1ccccc1.O=C(c1ccc2nccnc2c1)c1c(F)ccc(O)c1F.O=C(c1ccc2nccnc2c1)c1c(F)ccc(OCc2ccccc2)c1F.O=CO[O-].[H-].[K+].[K+]. The van der Waals surface area contributed by atoms with Crippen LogP contribution >= 0.6 is 15.9 Å². The van der Waals surface area contributed by atoms with Gasteiger partial charge in [0, 0.05) is 41.2 Å². The normalized spacial score (nSPS) is 9.87. The summed E-state index contributed by atoms with van der Waals surface area (Å²) in [5.74, 6) is -6.90. The van der Waals surface area contributed by atoms with E-state index in [0.717, 1.165) is 29.1 Å². The van der Waals surface area contributed by atoms with Crippen molar-refractivity contribution in [1.82, 2.24) is 19.9 Å². The molecule has 0 saturated heterocycles. The topological polar surface area (TPSA) is 165 Å². The molecule has 8 rings (SSSR count). The van der Waals surface area contributed by atoms with Gasteiger partial charge in [-0.1, -0.05) is 76.6 Å². The van der Waals surface area contributed by atoms with Crippen LogP contribution in [-0.2, 0) is 21.6 Å². The number of carbonyl (C=O) groups excluding carboxylic acids is 3. The number of nitrogens with zero attached hydrogens (tertiary/aromatic N) is 4. The molecule has 2 aromatic heterocycles. The molecule has 8 aromatic rings. The van der Waals surface area contributed by atoms with Crippen molar-refractivity contribution < 1.29 is 156 Å². The average Bonchev–Trinajstić information content (AvgIpc) is 3.30. The smallest absolute Gasteiger partial charge is 1.00 e. The van der Waals surface area contributed by atoms with Crippen LogP contribution in [0, 0.1) is 23.3 Å². The van der Waals surface area contributed by atoms with Crippen LogP contribution in [0.5, 0.6) is 11.5 Å². The average molecular weight is 974 g/mol. The molecule has 11 nitrogen and oxygen atoms in total. The zero-order valence-corrected chi connectivity index (χ0v) is 41.3. The number of alkyl halides is 1. The van der Waals surface area contributed by atoms with Gasteiger partial charge in [-0.2, -0.15) is 0 Å². The molecule has 1 N–H and O–H groups in total. The second-order valence-corrected chi connectivity index (χ2v) is 12.8. The Labute approximate surface area is 452 Å². The van der Waals surface area contributed by atoms with Gasteiger partial charge in [0.2, 0.25) is 0 Å². The van der Waals surface area contributed by atoms with Crippen molar-refractivity contribution in [3.05, 3.63) is 203 Å².